The average Bonchev–Trinajstić information content (AvgIpc) is 2.70. The molecule has 0 fully saturated rings. The minimum atomic E-state index is -4.60. The molecule has 2 aromatic rings. The summed E-state index contributed by atoms with van der Waals surface area (Å²) >= 11 is 0. The highest BCUT2D eigenvalue weighted by Gasteiger charge is 2.36. The molecule has 2 rings (SSSR count). The van der Waals surface area contributed by atoms with Gasteiger partial charge in [0.25, 0.3) is 0 Å². The Balaban J connectivity index is 2.77. The lowest BCUT2D eigenvalue weighted by Gasteiger charge is -2.17. The van der Waals surface area contributed by atoms with Gasteiger partial charge in [-0.2, -0.15) is 18.4 Å². The van der Waals surface area contributed by atoms with Crippen LogP contribution < -0.4 is 0 Å². The molecule has 0 bridgehead atoms. The van der Waals surface area contributed by atoms with Crippen LogP contribution in [0.5, 0.6) is 0 Å². The van der Waals surface area contributed by atoms with E-state index in [0.717, 1.165) is 0 Å². The largest absolute Gasteiger partial charge is 0.418 e. The molecule has 118 valence electrons. The first kappa shape index (κ1) is 16.6. The summed E-state index contributed by atoms with van der Waals surface area (Å²) in [6.45, 7) is 3.53. The van der Waals surface area contributed by atoms with Crippen molar-refractivity contribution in [3.8, 4) is 6.07 Å². The average molecular weight is 328 g/mol. The molecule has 0 saturated carbocycles. The fraction of sp³-hybridized carbons (Fsp3) is 0.400. The van der Waals surface area contributed by atoms with Crippen LogP contribution in [0, 0.1) is 18.3 Å². The molecular weight excluding hydrogens is 313 g/mol. The van der Waals surface area contributed by atoms with Crippen LogP contribution in [-0.2, 0) is 17.0 Å². The summed E-state index contributed by atoms with van der Waals surface area (Å²) in [7, 11) is -1.06. The first-order chi connectivity index (χ1) is 10.2. The SMILES string of the molecule is Cc1cc2c(C(F)(F)F)c(C#N)ccc2n1C(C)CS(C)=O. The van der Waals surface area contributed by atoms with E-state index in [4.69, 9.17) is 5.26 Å². The third kappa shape index (κ3) is 2.88. The summed E-state index contributed by atoms with van der Waals surface area (Å²) in [5, 5.41) is 8.96. The van der Waals surface area contributed by atoms with Crippen LogP contribution in [0.15, 0.2) is 18.2 Å². The minimum absolute atomic E-state index is 0.0118. The molecule has 3 nitrogen and oxygen atoms in total. The smallest absolute Gasteiger partial charge is 0.341 e. The second kappa shape index (κ2) is 5.76. The van der Waals surface area contributed by atoms with Gasteiger partial charge in [-0.05, 0) is 32.0 Å². The predicted octanol–water partition coefficient (Wildman–Crippen LogP) is 3.78. The Morgan fingerprint density at radius 1 is 1.41 bits per heavy atom. The van der Waals surface area contributed by atoms with Crippen molar-refractivity contribution in [2.75, 3.05) is 12.0 Å². The van der Waals surface area contributed by atoms with Gasteiger partial charge in [0.1, 0.15) is 0 Å². The maximum absolute atomic E-state index is 13.3. The van der Waals surface area contributed by atoms with E-state index >= 15 is 0 Å². The Morgan fingerprint density at radius 3 is 2.55 bits per heavy atom. The fourth-order valence-corrected chi connectivity index (χ4v) is 3.66. The van der Waals surface area contributed by atoms with Crippen LogP contribution in [0.1, 0.15) is 29.8 Å². The van der Waals surface area contributed by atoms with Crippen LogP contribution in [-0.4, -0.2) is 20.8 Å². The molecule has 1 aromatic carbocycles. The van der Waals surface area contributed by atoms with E-state index in [2.05, 4.69) is 0 Å². The molecule has 7 heteroatoms. The number of fused-ring (bicyclic) bond motifs is 1. The summed E-state index contributed by atoms with van der Waals surface area (Å²) in [5.41, 5.74) is -0.238. The van der Waals surface area contributed by atoms with Gasteiger partial charge >= 0.3 is 6.18 Å². The quantitative estimate of drug-likeness (QED) is 0.861. The molecule has 0 radical (unpaired) electrons. The Kier molecular flexibility index (Phi) is 4.34. The molecule has 0 amide bonds. The zero-order valence-electron chi connectivity index (χ0n) is 12.4. The molecule has 0 aliphatic rings. The molecule has 2 unspecified atom stereocenters. The number of halogens is 3. The summed E-state index contributed by atoms with van der Waals surface area (Å²) in [6.07, 6.45) is -3.04. The maximum atomic E-state index is 13.3. The molecule has 1 aromatic heterocycles. The summed E-state index contributed by atoms with van der Waals surface area (Å²) in [6, 6.07) is 5.56. The third-order valence-electron chi connectivity index (χ3n) is 3.54. The fourth-order valence-electron chi connectivity index (χ4n) is 2.83. The van der Waals surface area contributed by atoms with Crippen LogP contribution >= 0.6 is 0 Å². The number of rotatable bonds is 3. The van der Waals surface area contributed by atoms with Gasteiger partial charge in [0.2, 0.25) is 0 Å². The topological polar surface area (TPSA) is 45.8 Å². The number of hydrogen-bond donors (Lipinski definition) is 0. The highest BCUT2D eigenvalue weighted by atomic mass is 32.2. The number of benzene rings is 1. The molecule has 22 heavy (non-hydrogen) atoms. The zero-order chi connectivity index (χ0) is 16.7. The van der Waals surface area contributed by atoms with E-state index in [0.29, 0.717) is 17.0 Å². The van der Waals surface area contributed by atoms with E-state index in [1.165, 1.54) is 18.2 Å². The highest BCUT2D eigenvalue weighted by molar-refractivity contribution is 7.84. The maximum Gasteiger partial charge on any atom is 0.418 e. The summed E-state index contributed by atoms with van der Waals surface area (Å²) in [5.74, 6) is 0.353. The number of nitrogens with zero attached hydrogens (tertiary/aromatic N) is 2. The lowest BCUT2D eigenvalue weighted by Crippen LogP contribution is -2.14. The first-order valence-electron chi connectivity index (χ1n) is 6.58. The van der Waals surface area contributed by atoms with Gasteiger partial charge in [0.15, 0.2) is 0 Å². The number of aromatic nitrogens is 1. The van der Waals surface area contributed by atoms with Crippen molar-refractivity contribution >= 4 is 21.7 Å². The molecule has 0 saturated heterocycles. The van der Waals surface area contributed by atoms with Crippen molar-refractivity contribution in [1.82, 2.24) is 4.57 Å². The van der Waals surface area contributed by atoms with Crippen LogP contribution in [0.25, 0.3) is 10.9 Å². The Morgan fingerprint density at radius 2 is 2.05 bits per heavy atom. The molecule has 0 aliphatic heterocycles. The van der Waals surface area contributed by atoms with E-state index in [1.807, 2.05) is 6.92 Å². The number of aryl methyl sites for hydroxylation is 1. The van der Waals surface area contributed by atoms with Crippen molar-refractivity contribution in [1.29, 1.82) is 5.26 Å². The third-order valence-corrected chi connectivity index (χ3v) is 4.49. The normalized spacial score (nSPS) is 14.8. The molecule has 0 spiro atoms. The Labute approximate surface area is 128 Å². The van der Waals surface area contributed by atoms with Crippen LogP contribution in [0.3, 0.4) is 0 Å². The van der Waals surface area contributed by atoms with Gasteiger partial charge in [-0.25, -0.2) is 0 Å². The molecular formula is C15H15F3N2OS. The standard InChI is InChI=1S/C15H15F3N2OS/c1-9-6-12-13(20(9)10(2)8-22(3)21)5-4-11(7-19)14(12)15(16,17)18/h4-6,10H,8H2,1-3H3. The first-order valence-corrected chi connectivity index (χ1v) is 8.31. The monoisotopic (exact) mass is 328 g/mol. The molecule has 0 aliphatic carbocycles. The lowest BCUT2D eigenvalue weighted by atomic mass is 10.0. The van der Waals surface area contributed by atoms with Crippen LogP contribution in [0.2, 0.25) is 0 Å². The molecule has 1 heterocycles. The Bertz CT molecular complexity index is 787. The number of alkyl halides is 3. The van der Waals surface area contributed by atoms with Gasteiger partial charge in [-0.1, -0.05) is 0 Å². The predicted molar refractivity (Wildman–Crippen MR) is 80.0 cm³/mol. The summed E-state index contributed by atoms with van der Waals surface area (Å²) < 4.78 is 53.1. The van der Waals surface area contributed by atoms with E-state index in [1.54, 1.807) is 23.8 Å². The summed E-state index contributed by atoms with van der Waals surface area (Å²) in [4.78, 5) is 0. The van der Waals surface area contributed by atoms with Gasteiger partial charge in [0, 0.05) is 45.4 Å². The zero-order valence-corrected chi connectivity index (χ0v) is 13.2. The van der Waals surface area contributed by atoms with Crippen LogP contribution in [0.4, 0.5) is 13.2 Å². The van der Waals surface area contributed by atoms with Gasteiger partial charge in [-0.3, -0.25) is 4.21 Å². The second-order valence-electron chi connectivity index (χ2n) is 5.28. The van der Waals surface area contributed by atoms with Gasteiger partial charge in [0.05, 0.1) is 17.2 Å². The lowest BCUT2D eigenvalue weighted by molar-refractivity contribution is -0.136. The molecule has 2 atom stereocenters. The van der Waals surface area contributed by atoms with Gasteiger partial charge < -0.3 is 4.57 Å². The van der Waals surface area contributed by atoms with Crippen molar-refractivity contribution in [2.24, 2.45) is 0 Å². The van der Waals surface area contributed by atoms with E-state index in [-0.39, 0.29) is 17.0 Å². The van der Waals surface area contributed by atoms with Gasteiger partial charge in [-0.15, -0.1) is 0 Å². The van der Waals surface area contributed by atoms with E-state index in [9.17, 15) is 17.4 Å². The second-order valence-corrected chi connectivity index (χ2v) is 6.75. The number of nitriles is 1. The minimum Gasteiger partial charge on any atom is -0.341 e. The van der Waals surface area contributed by atoms with E-state index < -0.39 is 22.5 Å². The Hall–Kier alpha value is -1.81. The number of hydrogen-bond acceptors (Lipinski definition) is 2. The highest BCUT2D eigenvalue weighted by Crippen LogP contribution is 2.39. The van der Waals surface area contributed by atoms with Crippen molar-refractivity contribution in [3.63, 3.8) is 0 Å². The van der Waals surface area contributed by atoms with Crippen molar-refractivity contribution in [2.45, 2.75) is 26.1 Å². The van der Waals surface area contributed by atoms with Crippen molar-refractivity contribution in [3.05, 3.63) is 35.0 Å². The van der Waals surface area contributed by atoms with Crippen molar-refractivity contribution < 1.29 is 17.4 Å². The molecule has 0 N–H and O–H groups in total.